The molecule has 0 unspecified atom stereocenters. The first-order valence-electron chi connectivity index (χ1n) is 20.5. The summed E-state index contributed by atoms with van der Waals surface area (Å²) in [5.74, 6) is 0.988. The number of allylic oxidation sites excluding steroid dienone is 1. The van der Waals surface area contributed by atoms with Crippen molar-refractivity contribution in [3.63, 3.8) is 0 Å². The van der Waals surface area contributed by atoms with E-state index in [1.54, 1.807) is 0 Å². The Morgan fingerprint density at radius 2 is 1.02 bits per heavy atom. The number of hydrogen-bond donors (Lipinski definition) is 0. The van der Waals surface area contributed by atoms with E-state index in [4.69, 9.17) is 8.83 Å². The molecule has 3 nitrogen and oxygen atoms in total. The third-order valence-electron chi connectivity index (χ3n) is 12.7. The SMILES string of the molecule is C1=Cc2oc3cc(-c4cccc5c4c4c(-c6ccc7c(c6)oc6ccccc67)cccc4n5-c4ccc(-c5cc6ccccc6c6ccccc56)cc4)ccc3c2CC1. The summed E-state index contributed by atoms with van der Waals surface area (Å²) in [5.41, 5.74) is 14.5. The highest BCUT2D eigenvalue weighted by atomic mass is 16.3. The maximum Gasteiger partial charge on any atom is 0.136 e. The average Bonchev–Trinajstić information content (AvgIpc) is 3.98. The van der Waals surface area contributed by atoms with Gasteiger partial charge in [-0.2, -0.15) is 0 Å². The number of rotatable bonds is 4. The topological polar surface area (TPSA) is 31.2 Å². The molecule has 0 atom stereocenters. The van der Waals surface area contributed by atoms with Gasteiger partial charge in [0.05, 0.1) is 11.0 Å². The highest BCUT2D eigenvalue weighted by Gasteiger charge is 2.22. The molecule has 9 aromatic carbocycles. The van der Waals surface area contributed by atoms with Crippen LogP contribution in [-0.4, -0.2) is 4.57 Å². The van der Waals surface area contributed by atoms with Crippen LogP contribution in [0.3, 0.4) is 0 Å². The lowest BCUT2D eigenvalue weighted by Gasteiger charge is -2.13. The van der Waals surface area contributed by atoms with Gasteiger partial charge in [-0.05, 0) is 128 Å². The second-order valence-electron chi connectivity index (χ2n) is 15.9. The van der Waals surface area contributed by atoms with Gasteiger partial charge < -0.3 is 13.4 Å². The van der Waals surface area contributed by atoms with Crippen LogP contribution in [0, 0.1) is 0 Å². The number of hydrogen-bond acceptors (Lipinski definition) is 2. The second-order valence-corrected chi connectivity index (χ2v) is 15.9. The molecule has 59 heavy (non-hydrogen) atoms. The minimum Gasteiger partial charge on any atom is -0.456 e. The summed E-state index contributed by atoms with van der Waals surface area (Å²) in [6.45, 7) is 0. The van der Waals surface area contributed by atoms with Crippen LogP contribution in [0.25, 0.3) is 121 Å². The lowest BCUT2D eigenvalue weighted by Crippen LogP contribution is -1.94. The third-order valence-corrected chi connectivity index (χ3v) is 12.7. The number of para-hydroxylation sites is 1. The van der Waals surface area contributed by atoms with E-state index in [2.05, 4.69) is 181 Å². The van der Waals surface area contributed by atoms with E-state index >= 15 is 0 Å². The summed E-state index contributed by atoms with van der Waals surface area (Å²) in [7, 11) is 0. The van der Waals surface area contributed by atoms with Crippen molar-refractivity contribution in [3.8, 4) is 39.1 Å². The molecule has 0 aliphatic heterocycles. The summed E-state index contributed by atoms with van der Waals surface area (Å²) in [6.07, 6.45) is 6.40. The first-order valence-corrected chi connectivity index (χ1v) is 20.5. The highest BCUT2D eigenvalue weighted by Crippen LogP contribution is 2.45. The number of nitrogens with zero attached hydrogens (tertiary/aromatic N) is 1. The third kappa shape index (κ3) is 4.82. The van der Waals surface area contributed by atoms with Gasteiger partial charge in [0.2, 0.25) is 0 Å². The standard InChI is InChI=1S/C56H35NO2/c1-2-12-39-35(11-1)31-48(43-14-4-3-13-42(39)43)34-23-27-38(28-24-34)57-49-19-9-17-40(36-25-29-46-44-15-5-7-21-51(44)58-53(46)32-36)55(49)56-41(18-10-20-50(56)57)37-26-30-47-45-16-6-8-22-52(45)59-54(47)33-37/h1-5,7-15,17-33H,6,16H2. The van der Waals surface area contributed by atoms with Crippen molar-refractivity contribution in [1.82, 2.24) is 4.57 Å². The number of aryl methyl sites for hydroxylation is 1. The Morgan fingerprint density at radius 1 is 0.407 bits per heavy atom. The summed E-state index contributed by atoms with van der Waals surface area (Å²) in [6, 6.07) is 64.1. The lowest BCUT2D eigenvalue weighted by atomic mass is 9.93. The van der Waals surface area contributed by atoms with Crippen LogP contribution in [0.5, 0.6) is 0 Å². The molecule has 1 aliphatic rings. The average molecular weight is 754 g/mol. The van der Waals surface area contributed by atoms with Gasteiger partial charge in [-0.15, -0.1) is 0 Å². The van der Waals surface area contributed by atoms with Gasteiger partial charge in [-0.25, -0.2) is 0 Å². The van der Waals surface area contributed by atoms with Crippen molar-refractivity contribution >= 4 is 82.3 Å². The van der Waals surface area contributed by atoms with Gasteiger partial charge in [-0.3, -0.25) is 0 Å². The molecule has 0 amide bonds. The van der Waals surface area contributed by atoms with Crippen molar-refractivity contribution in [3.05, 3.63) is 193 Å². The van der Waals surface area contributed by atoms with E-state index in [1.165, 1.54) is 65.5 Å². The molecule has 3 heterocycles. The molecule has 0 N–H and O–H groups in total. The van der Waals surface area contributed by atoms with Crippen LogP contribution < -0.4 is 0 Å². The first-order chi connectivity index (χ1) is 29.2. The van der Waals surface area contributed by atoms with E-state index in [-0.39, 0.29) is 0 Å². The van der Waals surface area contributed by atoms with Gasteiger partial charge in [0.1, 0.15) is 22.5 Å². The van der Waals surface area contributed by atoms with Gasteiger partial charge in [0.25, 0.3) is 0 Å². The normalized spacial score (nSPS) is 12.9. The van der Waals surface area contributed by atoms with Crippen molar-refractivity contribution < 1.29 is 8.83 Å². The molecule has 276 valence electrons. The fraction of sp³-hybridized carbons (Fsp3) is 0.0357. The largest absolute Gasteiger partial charge is 0.456 e. The van der Waals surface area contributed by atoms with Crippen LogP contribution >= 0.6 is 0 Å². The maximum absolute atomic E-state index is 6.48. The molecular weight excluding hydrogens is 719 g/mol. The molecule has 12 aromatic rings. The van der Waals surface area contributed by atoms with Crippen LogP contribution in [0.1, 0.15) is 17.7 Å². The highest BCUT2D eigenvalue weighted by molar-refractivity contribution is 6.21. The van der Waals surface area contributed by atoms with Crippen LogP contribution in [0.15, 0.2) is 191 Å². The van der Waals surface area contributed by atoms with Crippen molar-refractivity contribution in [2.24, 2.45) is 0 Å². The molecule has 0 bridgehead atoms. The van der Waals surface area contributed by atoms with E-state index in [0.29, 0.717) is 0 Å². The molecule has 3 heteroatoms. The van der Waals surface area contributed by atoms with Crippen LogP contribution in [-0.2, 0) is 6.42 Å². The Kier molecular flexibility index (Phi) is 6.84. The number of furan rings is 2. The van der Waals surface area contributed by atoms with E-state index in [9.17, 15) is 0 Å². The quantitative estimate of drug-likeness (QED) is 0.168. The summed E-state index contributed by atoms with van der Waals surface area (Å²) in [5, 5.41) is 11.0. The molecule has 13 rings (SSSR count). The van der Waals surface area contributed by atoms with E-state index < -0.39 is 0 Å². The van der Waals surface area contributed by atoms with Gasteiger partial charge >= 0.3 is 0 Å². The Labute approximate surface area is 339 Å². The van der Waals surface area contributed by atoms with Gasteiger partial charge in [-0.1, -0.05) is 127 Å². The molecule has 3 aromatic heterocycles. The zero-order chi connectivity index (χ0) is 38.6. The zero-order valence-electron chi connectivity index (χ0n) is 32.1. The molecule has 0 radical (unpaired) electrons. The van der Waals surface area contributed by atoms with Crippen molar-refractivity contribution in [2.45, 2.75) is 12.8 Å². The van der Waals surface area contributed by atoms with E-state index in [1.807, 2.05) is 12.1 Å². The fourth-order valence-electron chi connectivity index (χ4n) is 9.99. The Morgan fingerprint density at radius 3 is 1.78 bits per heavy atom. The van der Waals surface area contributed by atoms with Crippen LogP contribution in [0.2, 0.25) is 0 Å². The summed E-state index contributed by atoms with van der Waals surface area (Å²) in [4.78, 5) is 0. The number of benzene rings is 9. The predicted octanol–water partition coefficient (Wildman–Crippen LogP) is 15.7. The zero-order valence-corrected chi connectivity index (χ0v) is 32.1. The van der Waals surface area contributed by atoms with Gasteiger partial charge in [0.15, 0.2) is 0 Å². The van der Waals surface area contributed by atoms with Crippen LogP contribution in [0.4, 0.5) is 0 Å². The predicted molar refractivity (Wildman–Crippen MR) is 247 cm³/mol. The fourth-order valence-corrected chi connectivity index (χ4v) is 9.99. The Hall–Kier alpha value is -7.62. The minimum atomic E-state index is 0.891. The van der Waals surface area contributed by atoms with Crippen molar-refractivity contribution in [2.75, 3.05) is 0 Å². The molecule has 0 spiro atoms. The number of fused-ring (bicyclic) bond motifs is 12. The Balaban J connectivity index is 1.05. The van der Waals surface area contributed by atoms with Crippen molar-refractivity contribution in [1.29, 1.82) is 0 Å². The maximum atomic E-state index is 6.48. The summed E-state index contributed by atoms with van der Waals surface area (Å²) < 4.78 is 15.4. The smallest absolute Gasteiger partial charge is 0.136 e. The lowest BCUT2D eigenvalue weighted by molar-refractivity contribution is 0.595. The molecule has 0 fully saturated rings. The summed E-state index contributed by atoms with van der Waals surface area (Å²) >= 11 is 0. The minimum absolute atomic E-state index is 0.891. The molecule has 1 aliphatic carbocycles. The number of aromatic nitrogens is 1. The Bertz CT molecular complexity index is 3720. The second kappa shape index (κ2) is 12.4. The van der Waals surface area contributed by atoms with E-state index in [0.717, 1.165) is 74.0 Å². The molecule has 0 saturated carbocycles. The first kappa shape index (κ1) is 32.5. The molecule has 0 saturated heterocycles. The monoisotopic (exact) mass is 753 g/mol. The van der Waals surface area contributed by atoms with Gasteiger partial charge in [0, 0.05) is 38.2 Å². The molecular formula is C56H35NO2.